The first-order chi connectivity index (χ1) is 9.33. The molecular formula is C12H15N5O3. The van der Waals surface area contributed by atoms with Gasteiger partial charge in [-0.25, -0.2) is 4.98 Å². The lowest BCUT2D eigenvalue weighted by Crippen LogP contribution is -2.39. The fourth-order valence-electron chi connectivity index (χ4n) is 1.58. The molecule has 1 aromatic heterocycles. The number of nitrogens with zero attached hydrogens (tertiary/aromatic N) is 3. The van der Waals surface area contributed by atoms with Crippen LogP contribution < -0.4 is 10.6 Å². The van der Waals surface area contributed by atoms with Crippen molar-refractivity contribution < 1.29 is 9.72 Å². The molecule has 0 atom stereocenters. The predicted octanol–water partition coefficient (Wildman–Crippen LogP) is 1.05. The summed E-state index contributed by atoms with van der Waals surface area (Å²) in [4.78, 5) is 25.8. The van der Waals surface area contributed by atoms with E-state index in [0.717, 1.165) is 0 Å². The molecule has 20 heavy (non-hydrogen) atoms. The van der Waals surface area contributed by atoms with E-state index in [9.17, 15) is 14.9 Å². The van der Waals surface area contributed by atoms with Crippen LogP contribution in [0.3, 0.4) is 0 Å². The van der Waals surface area contributed by atoms with Gasteiger partial charge >= 0.3 is 5.69 Å². The number of pyridine rings is 1. The SMILES string of the molecule is CNC(=O)C(C)(C)CNc1nccc(C#N)c1[N+](=O)[O-]. The minimum absolute atomic E-state index is 0.0222. The highest BCUT2D eigenvalue weighted by Gasteiger charge is 2.28. The number of rotatable bonds is 5. The second kappa shape index (κ2) is 5.97. The zero-order chi connectivity index (χ0) is 15.3. The second-order valence-corrected chi connectivity index (χ2v) is 4.74. The molecule has 1 aromatic rings. The lowest BCUT2D eigenvalue weighted by atomic mass is 9.92. The Labute approximate surface area is 116 Å². The summed E-state index contributed by atoms with van der Waals surface area (Å²) in [6.45, 7) is 3.53. The average molecular weight is 277 g/mol. The molecule has 8 nitrogen and oxygen atoms in total. The highest BCUT2D eigenvalue weighted by Crippen LogP contribution is 2.27. The highest BCUT2D eigenvalue weighted by molar-refractivity contribution is 5.82. The first-order valence-corrected chi connectivity index (χ1v) is 5.83. The fourth-order valence-corrected chi connectivity index (χ4v) is 1.58. The molecule has 0 saturated carbocycles. The number of hydrogen-bond acceptors (Lipinski definition) is 6. The van der Waals surface area contributed by atoms with Crippen LogP contribution in [-0.4, -0.2) is 29.4 Å². The number of nitro groups is 1. The molecule has 0 radical (unpaired) electrons. The Balaban J connectivity index is 3.03. The Kier molecular flexibility index (Phi) is 4.59. The van der Waals surface area contributed by atoms with Crippen molar-refractivity contribution in [2.45, 2.75) is 13.8 Å². The third kappa shape index (κ3) is 3.20. The summed E-state index contributed by atoms with van der Waals surface area (Å²) < 4.78 is 0. The summed E-state index contributed by atoms with van der Waals surface area (Å²) in [5.74, 6) is -0.227. The van der Waals surface area contributed by atoms with Gasteiger partial charge in [-0.2, -0.15) is 5.26 Å². The van der Waals surface area contributed by atoms with Crippen molar-refractivity contribution in [3.05, 3.63) is 27.9 Å². The molecule has 1 amide bonds. The van der Waals surface area contributed by atoms with E-state index in [1.807, 2.05) is 0 Å². The first-order valence-electron chi connectivity index (χ1n) is 5.83. The number of aromatic nitrogens is 1. The summed E-state index contributed by atoms with van der Waals surface area (Å²) in [6.07, 6.45) is 1.31. The van der Waals surface area contributed by atoms with E-state index in [0.29, 0.717) is 0 Å². The van der Waals surface area contributed by atoms with E-state index in [1.54, 1.807) is 19.9 Å². The Morgan fingerprint density at radius 1 is 1.60 bits per heavy atom. The van der Waals surface area contributed by atoms with Crippen molar-refractivity contribution in [3.63, 3.8) is 0 Å². The average Bonchev–Trinajstić information content (AvgIpc) is 2.43. The van der Waals surface area contributed by atoms with Crippen LogP contribution in [-0.2, 0) is 4.79 Å². The van der Waals surface area contributed by atoms with Gasteiger partial charge in [0.25, 0.3) is 0 Å². The monoisotopic (exact) mass is 277 g/mol. The van der Waals surface area contributed by atoms with Crippen LogP contribution in [0, 0.1) is 26.9 Å². The first kappa shape index (κ1) is 15.4. The van der Waals surface area contributed by atoms with Crippen molar-refractivity contribution >= 4 is 17.4 Å². The summed E-state index contributed by atoms with van der Waals surface area (Å²) in [5, 5.41) is 25.2. The maximum Gasteiger partial charge on any atom is 0.328 e. The molecular weight excluding hydrogens is 262 g/mol. The molecule has 0 aliphatic heterocycles. The van der Waals surface area contributed by atoms with E-state index in [2.05, 4.69) is 15.6 Å². The van der Waals surface area contributed by atoms with Crippen molar-refractivity contribution in [3.8, 4) is 6.07 Å². The molecule has 2 N–H and O–H groups in total. The van der Waals surface area contributed by atoms with Gasteiger partial charge in [-0.3, -0.25) is 14.9 Å². The second-order valence-electron chi connectivity index (χ2n) is 4.74. The molecule has 0 fully saturated rings. The zero-order valence-electron chi connectivity index (χ0n) is 11.4. The summed E-state index contributed by atoms with van der Waals surface area (Å²) in [6, 6.07) is 3.02. The van der Waals surface area contributed by atoms with Gasteiger partial charge < -0.3 is 10.6 Å². The molecule has 0 aromatic carbocycles. The van der Waals surface area contributed by atoms with Crippen molar-refractivity contribution in [2.24, 2.45) is 5.41 Å². The highest BCUT2D eigenvalue weighted by atomic mass is 16.6. The molecule has 0 saturated heterocycles. The summed E-state index contributed by atoms with van der Waals surface area (Å²) in [7, 11) is 1.51. The molecule has 106 valence electrons. The molecule has 0 aliphatic rings. The zero-order valence-corrected chi connectivity index (χ0v) is 11.4. The molecule has 8 heteroatoms. The number of nitrogens with one attached hydrogen (secondary N) is 2. The van der Waals surface area contributed by atoms with Gasteiger partial charge in [0.05, 0.1) is 10.3 Å². The van der Waals surface area contributed by atoms with Gasteiger partial charge in [-0.15, -0.1) is 0 Å². The lowest BCUT2D eigenvalue weighted by molar-refractivity contribution is -0.384. The third-order valence-electron chi connectivity index (χ3n) is 2.77. The van der Waals surface area contributed by atoms with Crippen molar-refractivity contribution in [1.29, 1.82) is 5.26 Å². The van der Waals surface area contributed by atoms with Gasteiger partial charge in [-0.1, -0.05) is 0 Å². The van der Waals surface area contributed by atoms with E-state index in [4.69, 9.17) is 5.26 Å². The Morgan fingerprint density at radius 3 is 2.75 bits per heavy atom. The Morgan fingerprint density at radius 2 is 2.25 bits per heavy atom. The van der Waals surface area contributed by atoms with E-state index < -0.39 is 10.3 Å². The van der Waals surface area contributed by atoms with Crippen LogP contribution >= 0.6 is 0 Å². The minimum Gasteiger partial charge on any atom is -0.363 e. The summed E-state index contributed by atoms with van der Waals surface area (Å²) in [5.41, 5.74) is -1.24. The molecule has 0 bridgehead atoms. The number of hydrogen-bond donors (Lipinski definition) is 2. The Hall–Kier alpha value is -2.69. The standard InChI is InChI=1S/C12H15N5O3/c1-12(2,11(18)14-3)7-16-10-9(17(19)20)8(6-13)4-5-15-10/h4-5H,7H2,1-3H3,(H,14,18)(H,15,16). The molecule has 1 heterocycles. The minimum atomic E-state index is -0.771. The molecule has 1 rings (SSSR count). The lowest BCUT2D eigenvalue weighted by Gasteiger charge is -2.23. The number of carbonyl (C=O) groups is 1. The van der Waals surface area contributed by atoms with Gasteiger partial charge in [0, 0.05) is 19.8 Å². The van der Waals surface area contributed by atoms with E-state index >= 15 is 0 Å². The number of anilines is 1. The van der Waals surface area contributed by atoms with E-state index in [1.165, 1.54) is 19.3 Å². The van der Waals surface area contributed by atoms with Gasteiger partial charge in [-0.05, 0) is 19.9 Å². The number of carbonyl (C=O) groups excluding carboxylic acids is 1. The van der Waals surface area contributed by atoms with Crippen LogP contribution in [0.25, 0.3) is 0 Å². The predicted molar refractivity (Wildman–Crippen MR) is 71.9 cm³/mol. The third-order valence-corrected chi connectivity index (χ3v) is 2.77. The van der Waals surface area contributed by atoms with Crippen molar-refractivity contribution in [1.82, 2.24) is 10.3 Å². The number of amides is 1. The maximum atomic E-state index is 11.6. The normalized spacial score (nSPS) is 10.5. The maximum absolute atomic E-state index is 11.6. The fraction of sp³-hybridized carbons (Fsp3) is 0.417. The van der Waals surface area contributed by atoms with Crippen LogP contribution in [0.1, 0.15) is 19.4 Å². The molecule has 0 unspecified atom stereocenters. The van der Waals surface area contributed by atoms with Gasteiger partial charge in [0.1, 0.15) is 11.6 Å². The smallest absolute Gasteiger partial charge is 0.328 e. The topological polar surface area (TPSA) is 121 Å². The quantitative estimate of drug-likeness (QED) is 0.612. The van der Waals surface area contributed by atoms with Crippen LogP contribution in [0.2, 0.25) is 0 Å². The van der Waals surface area contributed by atoms with Gasteiger partial charge in [0.2, 0.25) is 11.7 Å². The molecule has 0 aliphatic carbocycles. The Bertz CT molecular complexity index is 577. The van der Waals surface area contributed by atoms with E-state index in [-0.39, 0.29) is 29.5 Å². The summed E-state index contributed by atoms with van der Waals surface area (Å²) >= 11 is 0. The van der Waals surface area contributed by atoms with Crippen LogP contribution in [0.15, 0.2) is 12.3 Å². The van der Waals surface area contributed by atoms with Gasteiger partial charge in [0.15, 0.2) is 0 Å². The van der Waals surface area contributed by atoms with Crippen LogP contribution in [0.4, 0.5) is 11.5 Å². The number of nitriles is 1. The largest absolute Gasteiger partial charge is 0.363 e. The van der Waals surface area contributed by atoms with Crippen LogP contribution in [0.5, 0.6) is 0 Å². The molecule has 0 spiro atoms. The van der Waals surface area contributed by atoms with Crippen molar-refractivity contribution in [2.75, 3.05) is 18.9 Å².